The summed E-state index contributed by atoms with van der Waals surface area (Å²) >= 11 is 0. The molecule has 0 bridgehead atoms. The van der Waals surface area contributed by atoms with Crippen molar-refractivity contribution in [1.82, 2.24) is 9.55 Å². The molecule has 2 rings (SSSR count). The molecule has 1 saturated carbocycles. The predicted octanol–water partition coefficient (Wildman–Crippen LogP) is 2.65. The SMILES string of the molecule is CC(N)c1cncn1C(C)C1CCCC1. The monoisotopic (exact) mass is 207 g/mol. The fourth-order valence-electron chi connectivity index (χ4n) is 2.67. The number of hydrogen-bond acceptors (Lipinski definition) is 2. The molecule has 84 valence electrons. The van der Waals surface area contributed by atoms with Gasteiger partial charge in [0.1, 0.15) is 0 Å². The van der Waals surface area contributed by atoms with Gasteiger partial charge in [0, 0.05) is 18.3 Å². The van der Waals surface area contributed by atoms with E-state index in [1.54, 1.807) is 0 Å². The first kappa shape index (κ1) is 10.7. The van der Waals surface area contributed by atoms with Crippen LogP contribution in [0.15, 0.2) is 12.5 Å². The molecule has 1 aromatic heterocycles. The lowest BCUT2D eigenvalue weighted by Gasteiger charge is -2.23. The van der Waals surface area contributed by atoms with Crippen LogP contribution in [-0.2, 0) is 0 Å². The van der Waals surface area contributed by atoms with Crippen molar-refractivity contribution in [2.75, 3.05) is 0 Å². The Balaban J connectivity index is 2.16. The molecule has 1 aliphatic carbocycles. The second kappa shape index (κ2) is 4.35. The minimum atomic E-state index is 0.0800. The van der Waals surface area contributed by atoms with E-state index in [1.165, 1.54) is 25.7 Å². The van der Waals surface area contributed by atoms with Crippen molar-refractivity contribution in [2.24, 2.45) is 11.7 Å². The molecule has 0 spiro atoms. The Hall–Kier alpha value is -0.830. The van der Waals surface area contributed by atoms with E-state index in [4.69, 9.17) is 5.73 Å². The topological polar surface area (TPSA) is 43.8 Å². The normalized spacial score (nSPS) is 21.8. The largest absolute Gasteiger partial charge is 0.330 e. The third kappa shape index (κ3) is 2.07. The lowest BCUT2D eigenvalue weighted by molar-refractivity contribution is 0.350. The van der Waals surface area contributed by atoms with Crippen LogP contribution in [0.1, 0.15) is 57.3 Å². The van der Waals surface area contributed by atoms with Gasteiger partial charge in [-0.05, 0) is 32.6 Å². The van der Waals surface area contributed by atoms with Crippen LogP contribution in [0.25, 0.3) is 0 Å². The van der Waals surface area contributed by atoms with Gasteiger partial charge in [-0.1, -0.05) is 12.8 Å². The Morgan fingerprint density at radius 1 is 1.40 bits per heavy atom. The zero-order chi connectivity index (χ0) is 10.8. The van der Waals surface area contributed by atoms with Gasteiger partial charge in [0.25, 0.3) is 0 Å². The molecule has 2 N–H and O–H groups in total. The van der Waals surface area contributed by atoms with E-state index in [2.05, 4.69) is 16.5 Å². The first-order chi connectivity index (χ1) is 7.20. The zero-order valence-electron chi connectivity index (χ0n) is 9.69. The summed E-state index contributed by atoms with van der Waals surface area (Å²) in [5.41, 5.74) is 7.10. The minimum Gasteiger partial charge on any atom is -0.330 e. The van der Waals surface area contributed by atoms with Crippen molar-refractivity contribution in [3.8, 4) is 0 Å². The summed E-state index contributed by atoms with van der Waals surface area (Å²) in [4.78, 5) is 4.22. The van der Waals surface area contributed by atoms with E-state index in [0.717, 1.165) is 11.6 Å². The molecule has 2 atom stereocenters. The highest BCUT2D eigenvalue weighted by Gasteiger charge is 2.24. The second-order valence-corrected chi connectivity index (χ2v) is 4.80. The Bertz CT molecular complexity index is 310. The molecule has 0 aliphatic heterocycles. The van der Waals surface area contributed by atoms with Gasteiger partial charge >= 0.3 is 0 Å². The minimum absolute atomic E-state index is 0.0800. The maximum Gasteiger partial charge on any atom is 0.0951 e. The average molecular weight is 207 g/mol. The van der Waals surface area contributed by atoms with Gasteiger partial charge in [-0.15, -0.1) is 0 Å². The van der Waals surface area contributed by atoms with Gasteiger partial charge in [0.05, 0.1) is 12.0 Å². The molecule has 15 heavy (non-hydrogen) atoms. The molecule has 1 fully saturated rings. The van der Waals surface area contributed by atoms with Gasteiger partial charge in [-0.25, -0.2) is 4.98 Å². The summed E-state index contributed by atoms with van der Waals surface area (Å²) in [5, 5.41) is 0. The highest BCUT2D eigenvalue weighted by Crippen LogP contribution is 2.34. The third-order valence-corrected chi connectivity index (χ3v) is 3.68. The summed E-state index contributed by atoms with van der Waals surface area (Å²) < 4.78 is 2.26. The van der Waals surface area contributed by atoms with Crippen LogP contribution in [0.4, 0.5) is 0 Å². The van der Waals surface area contributed by atoms with Gasteiger partial charge in [0.2, 0.25) is 0 Å². The van der Waals surface area contributed by atoms with Crippen LogP contribution in [0.5, 0.6) is 0 Å². The molecule has 1 aromatic rings. The fourth-order valence-corrected chi connectivity index (χ4v) is 2.67. The van der Waals surface area contributed by atoms with E-state index in [0.29, 0.717) is 6.04 Å². The van der Waals surface area contributed by atoms with Crippen molar-refractivity contribution in [3.63, 3.8) is 0 Å². The lowest BCUT2D eigenvalue weighted by Crippen LogP contribution is -2.19. The van der Waals surface area contributed by atoms with E-state index in [-0.39, 0.29) is 6.04 Å². The maximum absolute atomic E-state index is 5.93. The summed E-state index contributed by atoms with van der Waals surface area (Å²) in [6.07, 6.45) is 9.32. The van der Waals surface area contributed by atoms with Crippen molar-refractivity contribution in [1.29, 1.82) is 0 Å². The highest BCUT2D eigenvalue weighted by atomic mass is 15.1. The summed E-state index contributed by atoms with van der Waals surface area (Å²) in [5.74, 6) is 0.816. The first-order valence-corrected chi connectivity index (χ1v) is 5.97. The van der Waals surface area contributed by atoms with Gasteiger partial charge in [0.15, 0.2) is 0 Å². The van der Waals surface area contributed by atoms with Crippen LogP contribution in [-0.4, -0.2) is 9.55 Å². The molecule has 0 saturated heterocycles. The molecule has 2 unspecified atom stereocenters. The Kier molecular flexibility index (Phi) is 3.10. The molecular formula is C12H21N3. The number of rotatable bonds is 3. The summed E-state index contributed by atoms with van der Waals surface area (Å²) in [7, 11) is 0. The Morgan fingerprint density at radius 3 is 2.67 bits per heavy atom. The van der Waals surface area contributed by atoms with Crippen molar-refractivity contribution in [2.45, 2.75) is 51.6 Å². The van der Waals surface area contributed by atoms with Crippen molar-refractivity contribution < 1.29 is 0 Å². The molecular weight excluding hydrogens is 186 g/mol. The van der Waals surface area contributed by atoms with Crippen molar-refractivity contribution >= 4 is 0 Å². The number of nitrogens with zero attached hydrogens (tertiary/aromatic N) is 2. The van der Waals surface area contributed by atoms with Gasteiger partial charge in [-0.3, -0.25) is 0 Å². The Morgan fingerprint density at radius 2 is 2.07 bits per heavy atom. The van der Waals surface area contributed by atoms with E-state index in [9.17, 15) is 0 Å². The molecule has 1 aliphatic rings. The quantitative estimate of drug-likeness (QED) is 0.828. The molecule has 0 aromatic carbocycles. The predicted molar refractivity (Wildman–Crippen MR) is 61.5 cm³/mol. The number of nitrogens with two attached hydrogens (primary N) is 1. The van der Waals surface area contributed by atoms with Gasteiger partial charge in [-0.2, -0.15) is 0 Å². The molecule has 0 amide bonds. The third-order valence-electron chi connectivity index (χ3n) is 3.68. The van der Waals surface area contributed by atoms with Crippen LogP contribution in [0, 0.1) is 5.92 Å². The van der Waals surface area contributed by atoms with Crippen LogP contribution in [0.3, 0.4) is 0 Å². The molecule has 3 heteroatoms. The van der Waals surface area contributed by atoms with Crippen LogP contribution >= 0.6 is 0 Å². The van der Waals surface area contributed by atoms with Crippen molar-refractivity contribution in [3.05, 3.63) is 18.2 Å². The summed E-state index contributed by atoms with van der Waals surface area (Å²) in [6.45, 7) is 4.32. The lowest BCUT2D eigenvalue weighted by atomic mass is 9.99. The number of aromatic nitrogens is 2. The van der Waals surface area contributed by atoms with E-state index < -0.39 is 0 Å². The Labute approximate surface area is 91.7 Å². The summed E-state index contributed by atoms with van der Waals surface area (Å²) in [6, 6.07) is 0.632. The molecule has 3 nitrogen and oxygen atoms in total. The second-order valence-electron chi connectivity index (χ2n) is 4.80. The molecule has 1 heterocycles. The zero-order valence-corrected chi connectivity index (χ0v) is 9.69. The average Bonchev–Trinajstić information content (AvgIpc) is 2.88. The van der Waals surface area contributed by atoms with E-state index >= 15 is 0 Å². The smallest absolute Gasteiger partial charge is 0.0951 e. The van der Waals surface area contributed by atoms with Crippen LogP contribution in [0.2, 0.25) is 0 Å². The maximum atomic E-state index is 5.93. The number of hydrogen-bond donors (Lipinski definition) is 1. The fraction of sp³-hybridized carbons (Fsp3) is 0.750. The number of imidazole rings is 1. The highest BCUT2D eigenvalue weighted by molar-refractivity contribution is 5.05. The first-order valence-electron chi connectivity index (χ1n) is 5.97. The van der Waals surface area contributed by atoms with Crippen LogP contribution < -0.4 is 5.73 Å². The standard InChI is InChI=1S/C12H21N3/c1-9(13)12-7-14-8-15(12)10(2)11-5-3-4-6-11/h7-11H,3-6,13H2,1-2H3. The van der Waals surface area contributed by atoms with E-state index in [1.807, 2.05) is 19.4 Å². The molecule has 0 radical (unpaired) electrons. The van der Waals surface area contributed by atoms with Gasteiger partial charge < -0.3 is 10.3 Å².